The Morgan fingerprint density at radius 1 is 1.48 bits per heavy atom. The molecule has 1 unspecified atom stereocenters. The summed E-state index contributed by atoms with van der Waals surface area (Å²) in [4.78, 5) is 22.2. The summed E-state index contributed by atoms with van der Waals surface area (Å²) in [5.74, 6) is 0.320. The number of hydrogen-bond donors (Lipinski definition) is 0. The van der Waals surface area contributed by atoms with Crippen molar-refractivity contribution >= 4 is 39.3 Å². The minimum atomic E-state index is -0.405. The molecule has 3 aromatic rings. The second kappa shape index (κ2) is 6.22. The number of imidazole rings is 1. The summed E-state index contributed by atoms with van der Waals surface area (Å²) in [6, 6.07) is 0. The summed E-state index contributed by atoms with van der Waals surface area (Å²) in [6.07, 6.45) is 1.59. The number of nitro groups is 1. The molecule has 0 aliphatic rings. The first kappa shape index (κ1) is 15.8. The van der Waals surface area contributed by atoms with Gasteiger partial charge < -0.3 is 19.8 Å². The van der Waals surface area contributed by atoms with Gasteiger partial charge >= 0.3 is 5.82 Å². The van der Waals surface area contributed by atoms with E-state index in [9.17, 15) is 10.1 Å². The SMILES string of the molecule is COC(C)c1nc(CN(C)c2nc3sccn3c2[N+](=O)[O-])cs1. The van der Waals surface area contributed by atoms with Crippen LogP contribution in [0.2, 0.25) is 0 Å². The molecule has 3 aromatic heterocycles. The van der Waals surface area contributed by atoms with Crippen LogP contribution < -0.4 is 4.90 Å². The molecule has 3 rings (SSSR count). The molecule has 3 heterocycles. The van der Waals surface area contributed by atoms with Crippen molar-refractivity contribution in [2.75, 3.05) is 19.1 Å². The summed E-state index contributed by atoms with van der Waals surface area (Å²) in [6.45, 7) is 2.37. The van der Waals surface area contributed by atoms with Gasteiger partial charge in [-0.05, 0) is 11.8 Å². The van der Waals surface area contributed by atoms with Crippen molar-refractivity contribution < 1.29 is 9.66 Å². The molecule has 1 atom stereocenters. The van der Waals surface area contributed by atoms with Gasteiger partial charge in [0.15, 0.2) is 0 Å². The maximum absolute atomic E-state index is 11.4. The van der Waals surface area contributed by atoms with Gasteiger partial charge in [-0.15, -0.1) is 11.3 Å². The number of methoxy groups -OCH3 is 1. The van der Waals surface area contributed by atoms with Gasteiger partial charge in [-0.2, -0.15) is 9.38 Å². The zero-order valence-electron chi connectivity index (χ0n) is 12.8. The third kappa shape index (κ3) is 2.92. The lowest BCUT2D eigenvalue weighted by molar-refractivity contribution is -0.389. The number of rotatable bonds is 6. The maximum atomic E-state index is 11.4. The second-order valence-corrected chi connectivity index (χ2v) is 6.75. The Hall–Kier alpha value is -2.04. The van der Waals surface area contributed by atoms with E-state index >= 15 is 0 Å². The number of aromatic nitrogens is 3. The molecule has 0 saturated heterocycles. The first-order chi connectivity index (χ1) is 11.0. The molecule has 0 bridgehead atoms. The summed E-state index contributed by atoms with van der Waals surface area (Å²) < 4.78 is 6.75. The van der Waals surface area contributed by atoms with Gasteiger partial charge in [0.25, 0.3) is 4.96 Å². The van der Waals surface area contributed by atoms with Gasteiger partial charge in [-0.25, -0.2) is 4.98 Å². The molecule has 10 heteroatoms. The van der Waals surface area contributed by atoms with Crippen LogP contribution in [0.4, 0.5) is 11.6 Å². The van der Waals surface area contributed by atoms with Crippen molar-refractivity contribution in [1.29, 1.82) is 0 Å². The number of thiazole rings is 2. The van der Waals surface area contributed by atoms with Gasteiger partial charge in [-0.3, -0.25) is 0 Å². The van der Waals surface area contributed by atoms with E-state index in [1.807, 2.05) is 12.3 Å². The molecule has 23 heavy (non-hydrogen) atoms. The van der Waals surface area contributed by atoms with E-state index in [2.05, 4.69) is 9.97 Å². The van der Waals surface area contributed by atoms with E-state index in [4.69, 9.17) is 4.74 Å². The first-order valence-corrected chi connectivity index (χ1v) is 8.55. The van der Waals surface area contributed by atoms with Crippen molar-refractivity contribution in [3.8, 4) is 0 Å². The highest BCUT2D eigenvalue weighted by atomic mass is 32.1. The van der Waals surface area contributed by atoms with E-state index in [-0.39, 0.29) is 11.9 Å². The summed E-state index contributed by atoms with van der Waals surface area (Å²) in [5, 5.41) is 16.0. The largest absolute Gasteiger partial charge is 0.375 e. The number of fused-ring (bicyclic) bond motifs is 1. The molecule has 122 valence electrons. The zero-order valence-corrected chi connectivity index (χ0v) is 14.4. The molecule has 0 saturated carbocycles. The Labute approximate surface area is 140 Å². The molecule has 0 spiro atoms. The highest BCUT2D eigenvalue weighted by Crippen LogP contribution is 2.31. The number of hydrogen-bond acceptors (Lipinski definition) is 8. The summed E-state index contributed by atoms with van der Waals surface area (Å²) >= 11 is 2.88. The molecular formula is C13H15N5O3S2. The van der Waals surface area contributed by atoms with Crippen molar-refractivity contribution in [2.45, 2.75) is 19.6 Å². The topological polar surface area (TPSA) is 85.8 Å². The molecule has 0 radical (unpaired) electrons. The van der Waals surface area contributed by atoms with E-state index in [0.29, 0.717) is 17.3 Å². The Bertz CT molecular complexity index is 840. The van der Waals surface area contributed by atoms with Crippen molar-refractivity contribution in [3.05, 3.63) is 37.8 Å². The van der Waals surface area contributed by atoms with Crippen LogP contribution >= 0.6 is 22.7 Å². The average Bonchev–Trinajstić information content (AvgIpc) is 3.20. The van der Waals surface area contributed by atoms with Crippen LogP contribution in [0.1, 0.15) is 23.7 Å². The lowest BCUT2D eigenvalue weighted by Gasteiger charge is -2.14. The van der Waals surface area contributed by atoms with E-state index in [1.165, 1.54) is 27.1 Å². The normalized spacial score (nSPS) is 12.7. The lowest BCUT2D eigenvalue weighted by atomic mass is 10.4. The van der Waals surface area contributed by atoms with Crippen LogP contribution in [0, 0.1) is 10.1 Å². The maximum Gasteiger partial charge on any atom is 0.373 e. The van der Waals surface area contributed by atoms with Crippen LogP contribution in [0.15, 0.2) is 17.0 Å². The zero-order chi connectivity index (χ0) is 16.6. The lowest BCUT2D eigenvalue weighted by Crippen LogP contribution is -2.18. The van der Waals surface area contributed by atoms with Gasteiger partial charge in [0.1, 0.15) is 17.3 Å². The Kier molecular flexibility index (Phi) is 4.28. The Balaban J connectivity index is 1.87. The molecule has 8 nitrogen and oxygen atoms in total. The number of anilines is 1. The predicted octanol–water partition coefficient (Wildman–Crippen LogP) is 3.10. The van der Waals surface area contributed by atoms with Crippen LogP contribution in [0.25, 0.3) is 4.96 Å². The third-order valence-corrected chi connectivity index (χ3v) is 5.23. The van der Waals surface area contributed by atoms with E-state index in [0.717, 1.165) is 10.7 Å². The fourth-order valence-electron chi connectivity index (χ4n) is 2.19. The van der Waals surface area contributed by atoms with Crippen molar-refractivity contribution in [2.24, 2.45) is 0 Å². The second-order valence-electron chi connectivity index (χ2n) is 4.98. The minimum absolute atomic E-state index is 0.0236. The van der Waals surface area contributed by atoms with E-state index < -0.39 is 4.92 Å². The van der Waals surface area contributed by atoms with Crippen LogP contribution in [0.5, 0.6) is 0 Å². The highest BCUT2D eigenvalue weighted by Gasteiger charge is 2.26. The third-order valence-electron chi connectivity index (χ3n) is 3.42. The molecule has 0 amide bonds. The van der Waals surface area contributed by atoms with Crippen molar-refractivity contribution in [1.82, 2.24) is 14.4 Å². The van der Waals surface area contributed by atoms with Crippen molar-refractivity contribution in [3.63, 3.8) is 0 Å². The monoisotopic (exact) mass is 353 g/mol. The molecule has 0 aromatic carbocycles. The molecule has 0 aliphatic heterocycles. The van der Waals surface area contributed by atoms with Gasteiger partial charge in [0, 0.05) is 24.9 Å². The van der Waals surface area contributed by atoms with Gasteiger partial charge in [0.05, 0.1) is 12.2 Å². The summed E-state index contributed by atoms with van der Waals surface area (Å²) in [7, 11) is 3.41. The van der Waals surface area contributed by atoms with E-state index in [1.54, 1.807) is 30.6 Å². The van der Waals surface area contributed by atoms with Crippen LogP contribution in [-0.2, 0) is 11.3 Å². The average molecular weight is 353 g/mol. The molecule has 0 fully saturated rings. The molecule has 0 N–H and O–H groups in total. The fraction of sp³-hybridized carbons (Fsp3) is 0.385. The van der Waals surface area contributed by atoms with Crippen LogP contribution in [-0.4, -0.2) is 33.4 Å². The standard InChI is InChI=1S/C13H15N5O3S2/c1-8(21-3)11-14-9(7-23-11)6-16(2)10-12(18(19)20)17-4-5-22-13(17)15-10/h4-5,7-8H,6H2,1-3H3. The highest BCUT2D eigenvalue weighted by molar-refractivity contribution is 7.15. The quantitative estimate of drug-likeness (QED) is 0.500. The smallest absolute Gasteiger partial charge is 0.373 e. The number of nitrogens with zero attached hydrogens (tertiary/aromatic N) is 5. The van der Waals surface area contributed by atoms with Crippen LogP contribution in [0.3, 0.4) is 0 Å². The molecule has 0 aliphatic carbocycles. The van der Waals surface area contributed by atoms with Gasteiger partial charge in [0.2, 0.25) is 5.82 Å². The Morgan fingerprint density at radius 3 is 2.96 bits per heavy atom. The first-order valence-electron chi connectivity index (χ1n) is 6.79. The Morgan fingerprint density at radius 2 is 2.26 bits per heavy atom. The molecular weight excluding hydrogens is 338 g/mol. The summed E-state index contributed by atoms with van der Waals surface area (Å²) in [5.41, 5.74) is 0.835. The number of ether oxygens (including phenoxy) is 1. The van der Waals surface area contributed by atoms with Gasteiger partial charge in [-0.1, -0.05) is 11.3 Å². The fourth-order valence-corrected chi connectivity index (χ4v) is 3.73. The minimum Gasteiger partial charge on any atom is -0.375 e. The predicted molar refractivity (Wildman–Crippen MR) is 89.4 cm³/mol.